The van der Waals surface area contributed by atoms with Gasteiger partial charge in [-0.3, -0.25) is 14.2 Å². The van der Waals surface area contributed by atoms with Crippen molar-refractivity contribution in [1.82, 2.24) is 9.47 Å². The zero-order chi connectivity index (χ0) is 41.1. The lowest BCUT2D eigenvalue weighted by atomic mass is 9.93. The number of imide groups is 1. The van der Waals surface area contributed by atoms with Crippen LogP contribution in [0.5, 0.6) is 5.75 Å². The molecule has 16 heteroatoms. The Morgan fingerprint density at radius 3 is 1.69 bits per heavy atom. The normalized spacial score (nSPS) is 13.1. The molecule has 0 aliphatic heterocycles. The van der Waals surface area contributed by atoms with Gasteiger partial charge in [0, 0.05) is 24.3 Å². The summed E-state index contributed by atoms with van der Waals surface area (Å²) in [5, 5.41) is 0. The smallest absolute Gasteiger partial charge is 0.420 e. The first-order valence-electron chi connectivity index (χ1n) is 16.8. The molecule has 0 saturated carbocycles. The number of pyridine rings is 1. The lowest BCUT2D eigenvalue weighted by Crippen LogP contribution is -2.60. The number of carbonyl (C=O) groups excluding carboxylic acids is 4. The Bertz CT molecular complexity index is 1940. The molecule has 3 aromatic rings. The van der Waals surface area contributed by atoms with E-state index in [9.17, 15) is 32.8 Å². The van der Waals surface area contributed by atoms with Crippen molar-refractivity contribution in [1.29, 1.82) is 0 Å². The highest BCUT2D eigenvalue weighted by molar-refractivity contribution is 6.11. The number of hydrogen-bond donors (Lipinski definition) is 1. The van der Waals surface area contributed by atoms with E-state index >= 15 is 8.78 Å². The summed E-state index contributed by atoms with van der Waals surface area (Å²) >= 11 is 0. The number of anilines is 1. The zero-order valence-electron chi connectivity index (χ0n) is 31.8. The SMILES string of the molecule is CC(C)(C)OC(=O)N(C(=O)OC(C)(C)C)C(C)(CCCOc1cc(F)c(-n2c(N)c(C(=O)c3ccc(F)cc3F)ccc2=O)c(F)c1)C(=O)OC(C)(C)C. The second kappa shape index (κ2) is 15.9. The van der Waals surface area contributed by atoms with Crippen LogP contribution in [-0.4, -0.2) is 62.4 Å². The molecule has 0 saturated heterocycles. The monoisotopic (exact) mass is 763 g/mol. The van der Waals surface area contributed by atoms with Crippen LogP contribution in [0.15, 0.2) is 47.3 Å². The molecule has 1 heterocycles. The summed E-state index contributed by atoms with van der Waals surface area (Å²) < 4.78 is 81.3. The van der Waals surface area contributed by atoms with Crippen LogP contribution in [0.3, 0.4) is 0 Å². The number of ketones is 1. The van der Waals surface area contributed by atoms with E-state index in [1.807, 2.05) is 0 Å². The molecule has 2 amide bonds. The Balaban J connectivity index is 1.94. The molecule has 0 fully saturated rings. The average Bonchev–Trinajstić information content (AvgIpc) is 2.97. The fourth-order valence-corrected chi connectivity index (χ4v) is 5.03. The van der Waals surface area contributed by atoms with Crippen LogP contribution in [0, 0.1) is 23.3 Å². The molecule has 0 aliphatic carbocycles. The Kier molecular flexibility index (Phi) is 12.7. The van der Waals surface area contributed by atoms with E-state index in [2.05, 4.69) is 0 Å². The van der Waals surface area contributed by atoms with Crippen LogP contribution in [0.4, 0.5) is 33.0 Å². The van der Waals surface area contributed by atoms with Crippen molar-refractivity contribution >= 4 is 29.8 Å². The van der Waals surface area contributed by atoms with Gasteiger partial charge in [0.05, 0.1) is 17.7 Å². The average molecular weight is 764 g/mol. The highest BCUT2D eigenvalue weighted by Gasteiger charge is 2.51. The second-order valence-corrected chi connectivity index (χ2v) is 15.5. The number of nitrogens with zero attached hydrogens (tertiary/aromatic N) is 2. The molecule has 0 spiro atoms. The molecular weight excluding hydrogens is 718 g/mol. The molecule has 0 aliphatic rings. The van der Waals surface area contributed by atoms with E-state index in [0.29, 0.717) is 15.5 Å². The second-order valence-electron chi connectivity index (χ2n) is 15.5. The minimum absolute atomic E-state index is 0.0979. The van der Waals surface area contributed by atoms with Crippen molar-refractivity contribution in [3.63, 3.8) is 0 Å². The molecule has 12 nitrogen and oxygen atoms in total. The van der Waals surface area contributed by atoms with Gasteiger partial charge in [0.25, 0.3) is 5.56 Å². The number of benzene rings is 2. The largest absolute Gasteiger partial charge is 0.493 e. The van der Waals surface area contributed by atoms with Crippen molar-refractivity contribution in [2.75, 3.05) is 12.3 Å². The highest BCUT2D eigenvalue weighted by Crippen LogP contribution is 2.31. The summed E-state index contributed by atoms with van der Waals surface area (Å²) in [6.45, 7) is 15.1. The lowest BCUT2D eigenvalue weighted by molar-refractivity contribution is -0.168. The third-order valence-corrected chi connectivity index (χ3v) is 7.33. The summed E-state index contributed by atoms with van der Waals surface area (Å²) in [6.07, 6.45) is -2.76. The van der Waals surface area contributed by atoms with Gasteiger partial charge in [-0.15, -0.1) is 0 Å². The summed E-state index contributed by atoms with van der Waals surface area (Å²) in [5.41, 5.74) is -2.30. The predicted molar refractivity (Wildman–Crippen MR) is 189 cm³/mol. The molecular formula is C38H45F4N3O9. The third kappa shape index (κ3) is 10.6. The molecule has 0 radical (unpaired) electrons. The first kappa shape index (κ1) is 43.0. The molecule has 3 rings (SSSR count). The molecule has 294 valence electrons. The molecule has 1 aromatic heterocycles. The van der Waals surface area contributed by atoms with Crippen LogP contribution in [0.1, 0.15) is 98.0 Å². The van der Waals surface area contributed by atoms with Crippen LogP contribution >= 0.6 is 0 Å². The minimum atomic E-state index is -2.03. The van der Waals surface area contributed by atoms with Gasteiger partial charge in [0.15, 0.2) is 23.0 Å². The van der Waals surface area contributed by atoms with Crippen LogP contribution in [0.25, 0.3) is 5.69 Å². The van der Waals surface area contributed by atoms with Gasteiger partial charge >= 0.3 is 18.2 Å². The molecule has 2 N–H and O–H groups in total. The van der Waals surface area contributed by atoms with E-state index in [0.717, 1.165) is 36.4 Å². The Hall–Kier alpha value is -5.41. The first-order valence-corrected chi connectivity index (χ1v) is 16.8. The number of hydrogen-bond acceptors (Lipinski definition) is 10. The van der Waals surface area contributed by atoms with Gasteiger partial charge in [-0.05, 0) is 100 Å². The predicted octanol–water partition coefficient (Wildman–Crippen LogP) is 7.64. The van der Waals surface area contributed by atoms with Gasteiger partial charge in [-0.2, -0.15) is 4.90 Å². The molecule has 0 bridgehead atoms. The number of esters is 1. The summed E-state index contributed by atoms with van der Waals surface area (Å²) in [6, 6.07) is 5.37. The van der Waals surface area contributed by atoms with Gasteiger partial charge in [-0.1, -0.05) is 0 Å². The lowest BCUT2D eigenvalue weighted by Gasteiger charge is -2.40. The molecule has 1 unspecified atom stereocenters. The van der Waals surface area contributed by atoms with E-state index in [4.69, 9.17) is 24.7 Å². The molecule has 1 atom stereocenters. The van der Waals surface area contributed by atoms with Gasteiger partial charge < -0.3 is 24.7 Å². The maximum Gasteiger partial charge on any atom is 0.420 e. The third-order valence-electron chi connectivity index (χ3n) is 7.33. The number of nitrogen functional groups attached to an aromatic ring is 1. The number of rotatable bonds is 10. The summed E-state index contributed by atoms with van der Waals surface area (Å²) in [7, 11) is 0. The Labute approximate surface area is 310 Å². The zero-order valence-corrected chi connectivity index (χ0v) is 31.8. The van der Waals surface area contributed by atoms with Crippen molar-refractivity contribution in [3.8, 4) is 11.4 Å². The van der Waals surface area contributed by atoms with Gasteiger partial charge in [0.1, 0.15) is 45.7 Å². The minimum Gasteiger partial charge on any atom is -0.493 e. The fraction of sp³-hybridized carbons (Fsp3) is 0.447. The number of ether oxygens (including phenoxy) is 4. The van der Waals surface area contributed by atoms with Crippen molar-refractivity contribution in [3.05, 3.63) is 87.2 Å². The molecule has 2 aromatic carbocycles. The standard InChI is InChI=1S/C38H45F4N3O9/c1-35(2,3)52-32(48)38(10,45(33(49)53-36(4,5)6)34(50)54-37(7,8)9)16-11-17-51-22-19-26(41)29(27(42)20-22)44-28(46)15-14-24(31(44)43)30(47)23-13-12-21(39)18-25(23)40/h12-15,18-20H,11,16-17,43H2,1-10H3. The van der Waals surface area contributed by atoms with E-state index in [-0.39, 0.29) is 25.2 Å². The van der Waals surface area contributed by atoms with Gasteiger partial charge in [-0.25, -0.2) is 31.9 Å². The number of halogens is 4. The van der Waals surface area contributed by atoms with Gasteiger partial charge in [0.2, 0.25) is 0 Å². The van der Waals surface area contributed by atoms with Crippen LogP contribution < -0.4 is 16.0 Å². The van der Waals surface area contributed by atoms with E-state index < -0.39 is 97.7 Å². The number of nitrogens with two attached hydrogens (primary N) is 1. The fourth-order valence-electron chi connectivity index (χ4n) is 5.03. The quantitative estimate of drug-likeness (QED) is 0.0716. The van der Waals surface area contributed by atoms with Crippen LogP contribution in [0.2, 0.25) is 0 Å². The maximum atomic E-state index is 15.5. The number of amides is 2. The Morgan fingerprint density at radius 2 is 1.20 bits per heavy atom. The number of aromatic nitrogens is 1. The van der Waals surface area contributed by atoms with Crippen molar-refractivity contribution < 1.29 is 55.7 Å². The summed E-state index contributed by atoms with van der Waals surface area (Å²) in [4.78, 5) is 67.0. The first-order chi connectivity index (χ1) is 24.6. The molecule has 54 heavy (non-hydrogen) atoms. The van der Waals surface area contributed by atoms with E-state index in [1.54, 1.807) is 62.3 Å². The van der Waals surface area contributed by atoms with Crippen molar-refractivity contribution in [2.45, 2.75) is 104 Å². The Morgan fingerprint density at radius 1 is 0.704 bits per heavy atom. The van der Waals surface area contributed by atoms with Crippen LogP contribution in [-0.2, 0) is 19.0 Å². The van der Waals surface area contributed by atoms with E-state index in [1.165, 1.54) is 6.92 Å². The maximum absolute atomic E-state index is 15.5. The summed E-state index contributed by atoms with van der Waals surface area (Å²) in [5.74, 6) is -7.97. The van der Waals surface area contributed by atoms with Crippen molar-refractivity contribution in [2.24, 2.45) is 0 Å². The topological polar surface area (TPSA) is 156 Å². The number of carbonyl (C=O) groups is 4. The highest BCUT2D eigenvalue weighted by atomic mass is 19.1.